The van der Waals surface area contributed by atoms with Crippen LogP contribution in [0.1, 0.15) is 0 Å². The Hall–Kier alpha value is -5.80. The number of fused-ring (bicyclic) bond motifs is 13. The molecule has 0 atom stereocenters. The Kier molecular flexibility index (Phi) is 4.45. The molecule has 10 aromatic rings. The molecule has 3 aromatic heterocycles. The molecule has 0 aliphatic rings. The van der Waals surface area contributed by atoms with E-state index in [0.29, 0.717) is 0 Å². The van der Waals surface area contributed by atoms with Crippen LogP contribution in [0.15, 0.2) is 150 Å². The standard InChI is InChI=1S/C40H24N2O/c1-2-13-25(14-3-1)41-32-21-9-6-18-30(32)36-37-31-19-7-10-22-33(31)42(39(37)28-17-5-4-16-27(28)38(36)41)34-23-12-20-29-26-15-8-11-24-35(26)43-40(29)34/h1-24H. The minimum Gasteiger partial charge on any atom is -0.454 e. The van der Waals surface area contributed by atoms with E-state index in [2.05, 4.69) is 149 Å². The van der Waals surface area contributed by atoms with Crippen molar-refractivity contribution in [3.63, 3.8) is 0 Å². The molecule has 3 heteroatoms. The van der Waals surface area contributed by atoms with Gasteiger partial charge >= 0.3 is 0 Å². The number of hydrogen-bond acceptors (Lipinski definition) is 1. The second-order valence-corrected chi connectivity index (χ2v) is 11.3. The van der Waals surface area contributed by atoms with Gasteiger partial charge in [0.15, 0.2) is 5.58 Å². The fourth-order valence-corrected chi connectivity index (χ4v) is 7.40. The smallest absolute Gasteiger partial charge is 0.159 e. The Morgan fingerprint density at radius 1 is 0.372 bits per heavy atom. The van der Waals surface area contributed by atoms with Gasteiger partial charge in [-0.05, 0) is 36.4 Å². The Morgan fingerprint density at radius 3 is 1.58 bits per heavy atom. The fourth-order valence-electron chi connectivity index (χ4n) is 7.40. The van der Waals surface area contributed by atoms with Gasteiger partial charge in [-0.15, -0.1) is 0 Å². The first-order valence-electron chi connectivity index (χ1n) is 14.7. The maximum Gasteiger partial charge on any atom is 0.159 e. The molecule has 0 saturated heterocycles. The summed E-state index contributed by atoms with van der Waals surface area (Å²) >= 11 is 0. The van der Waals surface area contributed by atoms with E-state index in [4.69, 9.17) is 4.42 Å². The summed E-state index contributed by atoms with van der Waals surface area (Å²) in [7, 11) is 0. The number of hydrogen-bond donors (Lipinski definition) is 0. The second kappa shape index (κ2) is 8.37. The molecule has 0 unspecified atom stereocenters. The average molecular weight is 549 g/mol. The van der Waals surface area contributed by atoms with Crippen LogP contribution < -0.4 is 0 Å². The van der Waals surface area contributed by atoms with E-state index < -0.39 is 0 Å². The van der Waals surface area contributed by atoms with E-state index in [1.807, 2.05) is 6.07 Å². The molecular weight excluding hydrogens is 524 g/mol. The summed E-state index contributed by atoms with van der Waals surface area (Å²) in [6.07, 6.45) is 0. The number of nitrogens with zero attached hydrogens (tertiary/aromatic N) is 2. The molecule has 3 nitrogen and oxygen atoms in total. The monoisotopic (exact) mass is 548 g/mol. The van der Waals surface area contributed by atoms with Crippen LogP contribution in [-0.4, -0.2) is 9.13 Å². The molecule has 0 radical (unpaired) electrons. The first-order valence-corrected chi connectivity index (χ1v) is 14.7. The number of furan rings is 1. The molecule has 0 fully saturated rings. The highest BCUT2D eigenvalue weighted by atomic mass is 16.3. The van der Waals surface area contributed by atoms with E-state index in [9.17, 15) is 0 Å². The zero-order valence-electron chi connectivity index (χ0n) is 23.2. The van der Waals surface area contributed by atoms with Crippen molar-refractivity contribution in [3.8, 4) is 11.4 Å². The van der Waals surface area contributed by atoms with Crippen LogP contribution >= 0.6 is 0 Å². The Balaban J connectivity index is 1.51. The molecule has 3 heterocycles. The third-order valence-corrected chi connectivity index (χ3v) is 9.08. The largest absolute Gasteiger partial charge is 0.454 e. The van der Waals surface area contributed by atoms with Gasteiger partial charge in [-0.25, -0.2) is 0 Å². The Labute approximate surface area is 246 Å². The number of para-hydroxylation sites is 5. The van der Waals surface area contributed by atoms with Gasteiger partial charge in [-0.1, -0.05) is 109 Å². The van der Waals surface area contributed by atoms with Gasteiger partial charge in [0.05, 0.1) is 27.8 Å². The molecule has 7 aromatic carbocycles. The van der Waals surface area contributed by atoms with Crippen molar-refractivity contribution >= 4 is 76.3 Å². The predicted octanol–water partition coefficient (Wildman–Crippen LogP) is 10.9. The molecule has 0 aliphatic heterocycles. The maximum absolute atomic E-state index is 6.61. The molecule has 43 heavy (non-hydrogen) atoms. The summed E-state index contributed by atoms with van der Waals surface area (Å²) < 4.78 is 11.5. The molecule has 0 N–H and O–H groups in total. The highest BCUT2D eigenvalue weighted by molar-refractivity contribution is 6.37. The van der Waals surface area contributed by atoms with Gasteiger partial charge in [-0.3, -0.25) is 0 Å². The highest BCUT2D eigenvalue weighted by Gasteiger charge is 2.25. The van der Waals surface area contributed by atoms with Crippen molar-refractivity contribution in [2.24, 2.45) is 0 Å². The summed E-state index contributed by atoms with van der Waals surface area (Å²) in [5, 5.41) is 9.74. The van der Waals surface area contributed by atoms with Gasteiger partial charge in [-0.2, -0.15) is 0 Å². The van der Waals surface area contributed by atoms with E-state index in [-0.39, 0.29) is 0 Å². The average Bonchev–Trinajstić information content (AvgIpc) is 3.73. The van der Waals surface area contributed by atoms with Crippen LogP contribution in [0.4, 0.5) is 0 Å². The molecule has 0 amide bonds. The minimum atomic E-state index is 0.905. The first kappa shape index (κ1) is 22.8. The minimum absolute atomic E-state index is 0.905. The summed E-state index contributed by atoms with van der Waals surface area (Å²) in [6, 6.07) is 52.1. The zero-order valence-corrected chi connectivity index (χ0v) is 23.2. The van der Waals surface area contributed by atoms with Crippen molar-refractivity contribution in [3.05, 3.63) is 146 Å². The van der Waals surface area contributed by atoms with E-state index in [1.54, 1.807) is 0 Å². The SMILES string of the molecule is c1ccc(-n2c3ccccc3c3c4c5ccccc5n(-c5cccc6c5oc5ccccc56)c4c4ccccc4c32)cc1. The van der Waals surface area contributed by atoms with Gasteiger partial charge in [0.1, 0.15) is 5.58 Å². The summed E-state index contributed by atoms with van der Waals surface area (Å²) in [4.78, 5) is 0. The fraction of sp³-hybridized carbons (Fsp3) is 0. The Morgan fingerprint density at radius 2 is 0.884 bits per heavy atom. The normalized spacial score (nSPS) is 12.2. The zero-order chi connectivity index (χ0) is 28.1. The lowest BCUT2D eigenvalue weighted by atomic mass is 9.99. The summed E-state index contributed by atoms with van der Waals surface area (Å²) in [5.41, 5.74) is 8.84. The predicted molar refractivity (Wildman–Crippen MR) is 180 cm³/mol. The molecular formula is C40H24N2O. The molecule has 200 valence electrons. The van der Waals surface area contributed by atoms with Gasteiger partial charge in [0.25, 0.3) is 0 Å². The lowest BCUT2D eigenvalue weighted by Crippen LogP contribution is -1.97. The highest BCUT2D eigenvalue weighted by Crippen LogP contribution is 2.47. The van der Waals surface area contributed by atoms with Crippen LogP contribution in [0.2, 0.25) is 0 Å². The van der Waals surface area contributed by atoms with Crippen molar-refractivity contribution in [1.29, 1.82) is 0 Å². The summed E-state index contributed by atoms with van der Waals surface area (Å²) in [6.45, 7) is 0. The van der Waals surface area contributed by atoms with Crippen molar-refractivity contribution in [1.82, 2.24) is 9.13 Å². The second-order valence-electron chi connectivity index (χ2n) is 11.3. The molecule has 0 saturated carbocycles. The molecule has 0 bridgehead atoms. The molecule has 0 aliphatic carbocycles. The number of rotatable bonds is 2. The number of benzene rings is 7. The molecule has 10 rings (SSSR count). The topological polar surface area (TPSA) is 23.0 Å². The van der Waals surface area contributed by atoms with Crippen LogP contribution in [-0.2, 0) is 0 Å². The molecule has 0 spiro atoms. The number of aromatic nitrogens is 2. The third-order valence-electron chi connectivity index (χ3n) is 9.08. The van der Waals surface area contributed by atoms with Crippen molar-refractivity contribution in [2.45, 2.75) is 0 Å². The van der Waals surface area contributed by atoms with E-state index >= 15 is 0 Å². The maximum atomic E-state index is 6.61. The van der Waals surface area contributed by atoms with Gasteiger partial charge < -0.3 is 13.6 Å². The van der Waals surface area contributed by atoms with Crippen molar-refractivity contribution in [2.75, 3.05) is 0 Å². The third kappa shape index (κ3) is 2.93. The summed E-state index contributed by atoms with van der Waals surface area (Å²) in [5.74, 6) is 0. The lowest BCUT2D eigenvalue weighted by molar-refractivity contribution is 0.666. The van der Waals surface area contributed by atoms with Crippen molar-refractivity contribution < 1.29 is 4.42 Å². The Bertz CT molecular complexity index is 2720. The van der Waals surface area contributed by atoms with E-state index in [1.165, 1.54) is 54.4 Å². The van der Waals surface area contributed by atoms with Gasteiger partial charge in [0.2, 0.25) is 0 Å². The van der Waals surface area contributed by atoms with Crippen LogP contribution in [0.25, 0.3) is 87.7 Å². The van der Waals surface area contributed by atoms with Crippen LogP contribution in [0.3, 0.4) is 0 Å². The van der Waals surface area contributed by atoms with Crippen LogP contribution in [0, 0.1) is 0 Å². The first-order chi connectivity index (χ1) is 21.4. The van der Waals surface area contributed by atoms with Crippen LogP contribution in [0.5, 0.6) is 0 Å². The van der Waals surface area contributed by atoms with Gasteiger partial charge in [0, 0.05) is 48.8 Å². The lowest BCUT2D eigenvalue weighted by Gasteiger charge is -2.13. The van der Waals surface area contributed by atoms with E-state index in [0.717, 1.165) is 33.3 Å². The quantitative estimate of drug-likeness (QED) is 0.211.